The lowest BCUT2D eigenvalue weighted by Gasteiger charge is -2.28. The van der Waals surface area contributed by atoms with Gasteiger partial charge in [-0.3, -0.25) is 4.90 Å². The summed E-state index contributed by atoms with van der Waals surface area (Å²) in [6.07, 6.45) is -2.11. The first-order valence-corrected chi connectivity index (χ1v) is 12.8. The van der Waals surface area contributed by atoms with Crippen LogP contribution in [0.4, 0.5) is 10.5 Å². The highest BCUT2D eigenvalue weighted by molar-refractivity contribution is 5.91. The number of carboxylic acids is 1. The summed E-state index contributed by atoms with van der Waals surface area (Å²) in [5.74, 6) is -0.191. The Bertz CT molecular complexity index is 1460. The Morgan fingerprint density at radius 3 is 2.02 bits per heavy atom. The number of amides is 1. The van der Waals surface area contributed by atoms with Gasteiger partial charge in [0.05, 0.1) is 26.5 Å². The molecule has 0 spiro atoms. The molecule has 4 aromatic carbocycles. The number of hydrogen-bond donors (Lipinski definition) is 1. The third kappa shape index (κ3) is 5.42. The molecule has 8 nitrogen and oxygen atoms in total. The number of hydrogen-bond acceptors (Lipinski definition) is 6. The van der Waals surface area contributed by atoms with Crippen LogP contribution >= 0.6 is 0 Å². The molecule has 0 saturated heterocycles. The van der Waals surface area contributed by atoms with E-state index in [1.165, 1.54) is 19.1 Å². The number of carbonyl (C=O) groups is 2. The largest absolute Gasteiger partial charge is 0.497 e. The summed E-state index contributed by atoms with van der Waals surface area (Å²) in [6.45, 7) is -0.261. The Balaban J connectivity index is 1.44. The van der Waals surface area contributed by atoms with Crippen LogP contribution in [0.3, 0.4) is 0 Å². The quantitative estimate of drug-likeness (QED) is 0.264. The molecule has 8 heteroatoms. The Labute approximate surface area is 232 Å². The Morgan fingerprint density at radius 2 is 1.43 bits per heavy atom. The average molecular weight is 540 g/mol. The van der Waals surface area contributed by atoms with Crippen molar-refractivity contribution >= 4 is 17.7 Å². The second-order valence-corrected chi connectivity index (χ2v) is 9.21. The molecule has 1 amide bonds. The zero-order valence-electron chi connectivity index (χ0n) is 22.2. The van der Waals surface area contributed by atoms with Crippen LogP contribution in [0.25, 0.3) is 11.1 Å². The lowest BCUT2D eigenvalue weighted by Crippen LogP contribution is -2.44. The molecule has 1 aliphatic rings. The van der Waals surface area contributed by atoms with Crippen LogP contribution < -0.4 is 19.1 Å². The topological polar surface area (TPSA) is 94.5 Å². The molecule has 0 saturated carbocycles. The summed E-state index contributed by atoms with van der Waals surface area (Å²) in [6, 6.07) is 29.6. The molecule has 204 valence electrons. The first-order valence-electron chi connectivity index (χ1n) is 12.8. The van der Waals surface area contributed by atoms with Crippen LogP contribution in [0, 0.1) is 0 Å². The van der Waals surface area contributed by atoms with Crippen LogP contribution in [-0.2, 0) is 9.53 Å². The summed E-state index contributed by atoms with van der Waals surface area (Å²) < 4.78 is 22.5. The van der Waals surface area contributed by atoms with Gasteiger partial charge in [0, 0.05) is 12.0 Å². The fraction of sp³-hybridized carbons (Fsp3) is 0.188. The summed E-state index contributed by atoms with van der Waals surface area (Å²) in [5, 5.41) is 9.99. The third-order valence-electron chi connectivity index (χ3n) is 6.88. The van der Waals surface area contributed by atoms with Gasteiger partial charge in [0.2, 0.25) is 6.10 Å². The number of benzene rings is 4. The van der Waals surface area contributed by atoms with Crippen LogP contribution in [0.1, 0.15) is 17.0 Å². The van der Waals surface area contributed by atoms with Crippen molar-refractivity contribution in [2.75, 3.05) is 32.3 Å². The molecule has 1 atom stereocenters. The predicted molar refractivity (Wildman–Crippen MR) is 150 cm³/mol. The van der Waals surface area contributed by atoms with Crippen LogP contribution in [0.2, 0.25) is 0 Å². The summed E-state index contributed by atoms with van der Waals surface area (Å²) in [5.41, 5.74) is 4.68. The molecule has 40 heavy (non-hydrogen) atoms. The minimum absolute atomic E-state index is 0.0686. The molecule has 0 aliphatic heterocycles. The number of aliphatic carboxylic acids is 1. The Kier molecular flexibility index (Phi) is 7.87. The van der Waals surface area contributed by atoms with Crippen LogP contribution in [0.5, 0.6) is 17.2 Å². The standard InChI is InChI=1S/C32H29NO7/c1-37-22-16-17-28(29(18-22)38-2)33(19-30(31(34)35)40-21-10-4-3-5-11-21)32(36)39-20-27-25-14-8-6-12-23(25)24-13-7-9-15-26(24)27/h3-18,27,30H,19-20H2,1-2H3,(H,34,35). The molecule has 1 N–H and O–H groups in total. The van der Waals surface area contributed by atoms with Gasteiger partial charge in [0.1, 0.15) is 23.9 Å². The van der Waals surface area contributed by atoms with E-state index >= 15 is 0 Å². The molecular weight excluding hydrogens is 510 g/mol. The number of anilines is 1. The van der Waals surface area contributed by atoms with E-state index < -0.39 is 18.2 Å². The van der Waals surface area contributed by atoms with Crippen molar-refractivity contribution in [3.05, 3.63) is 108 Å². The zero-order chi connectivity index (χ0) is 28.1. The lowest BCUT2D eigenvalue weighted by molar-refractivity contribution is -0.144. The molecule has 0 aromatic heterocycles. The SMILES string of the molecule is COc1ccc(N(CC(Oc2ccccc2)C(=O)O)C(=O)OCC2c3ccccc3-c3ccccc32)c(OC)c1. The molecule has 5 rings (SSSR count). The molecule has 1 aliphatic carbocycles. The van der Waals surface area contributed by atoms with E-state index in [1.54, 1.807) is 48.5 Å². The van der Waals surface area contributed by atoms with Crippen molar-refractivity contribution in [3.63, 3.8) is 0 Å². The number of methoxy groups -OCH3 is 2. The van der Waals surface area contributed by atoms with E-state index in [4.69, 9.17) is 18.9 Å². The van der Waals surface area contributed by atoms with Gasteiger partial charge < -0.3 is 24.1 Å². The average Bonchev–Trinajstić information content (AvgIpc) is 3.31. The smallest absolute Gasteiger partial charge is 0.414 e. The molecule has 0 fully saturated rings. The predicted octanol–water partition coefficient (Wildman–Crippen LogP) is 5.99. The van der Waals surface area contributed by atoms with Gasteiger partial charge in [-0.25, -0.2) is 9.59 Å². The van der Waals surface area contributed by atoms with E-state index in [0.717, 1.165) is 22.3 Å². The van der Waals surface area contributed by atoms with Crippen molar-refractivity contribution in [1.82, 2.24) is 0 Å². The van der Waals surface area contributed by atoms with E-state index in [1.807, 2.05) is 36.4 Å². The van der Waals surface area contributed by atoms with E-state index in [-0.39, 0.29) is 19.1 Å². The highest BCUT2D eigenvalue weighted by Gasteiger charge is 2.33. The second kappa shape index (κ2) is 11.8. The molecule has 0 radical (unpaired) electrons. The van der Waals surface area contributed by atoms with Gasteiger partial charge in [-0.1, -0.05) is 66.7 Å². The monoisotopic (exact) mass is 539 g/mol. The molecule has 0 heterocycles. The molecule has 1 unspecified atom stereocenters. The third-order valence-corrected chi connectivity index (χ3v) is 6.88. The summed E-state index contributed by atoms with van der Waals surface area (Å²) in [4.78, 5) is 27.2. The van der Waals surface area contributed by atoms with Crippen molar-refractivity contribution < 1.29 is 33.6 Å². The fourth-order valence-electron chi connectivity index (χ4n) is 4.95. The minimum atomic E-state index is -1.38. The van der Waals surface area contributed by atoms with Gasteiger partial charge in [0.25, 0.3) is 0 Å². The van der Waals surface area contributed by atoms with Gasteiger partial charge in [-0.05, 0) is 46.5 Å². The summed E-state index contributed by atoms with van der Waals surface area (Å²) in [7, 11) is 2.98. The molecule has 4 aromatic rings. The van der Waals surface area contributed by atoms with Crippen LogP contribution in [-0.4, -0.2) is 50.6 Å². The maximum atomic E-state index is 13.7. The summed E-state index contributed by atoms with van der Waals surface area (Å²) >= 11 is 0. The number of ether oxygens (including phenoxy) is 4. The highest BCUT2D eigenvalue weighted by atomic mass is 16.6. The number of carbonyl (C=O) groups excluding carboxylic acids is 1. The van der Waals surface area contributed by atoms with Crippen molar-refractivity contribution in [2.24, 2.45) is 0 Å². The van der Waals surface area contributed by atoms with E-state index in [0.29, 0.717) is 22.9 Å². The van der Waals surface area contributed by atoms with Crippen molar-refractivity contribution in [3.8, 4) is 28.4 Å². The number of nitrogens with zero attached hydrogens (tertiary/aromatic N) is 1. The Morgan fingerprint density at radius 1 is 0.800 bits per heavy atom. The number of rotatable bonds is 10. The molecular formula is C32H29NO7. The Hall–Kier alpha value is -4.98. The van der Waals surface area contributed by atoms with Crippen molar-refractivity contribution in [2.45, 2.75) is 12.0 Å². The van der Waals surface area contributed by atoms with E-state index in [9.17, 15) is 14.7 Å². The van der Waals surface area contributed by atoms with Gasteiger partial charge in [0.15, 0.2) is 0 Å². The molecule has 0 bridgehead atoms. The van der Waals surface area contributed by atoms with E-state index in [2.05, 4.69) is 12.1 Å². The van der Waals surface area contributed by atoms with Gasteiger partial charge >= 0.3 is 12.1 Å². The number of fused-ring (bicyclic) bond motifs is 3. The zero-order valence-corrected chi connectivity index (χ0v) is 22.2. The van der Waals surface area contributed by atoms with Crippen molar-refractivity contribution in [1.29, 1.82) is 0 Å². The number of para-hydroxylation sites is 1. The minimum Gasteiger partial charge on any atom is -0.497 e. The number of carboxylic acid groups (broad SMARTS) is 1. The first-order chi connectivity index (χ1) is 19.5. The second-order valence-electron chi connectivity index (χ2n) is 9.21. The highest BCUT2D eigenvalue weighted by Crippen LogP contribution is 2.44. The van der Waals surface area contributed by atoms with Gasteiger partial charge in [-0.15, -0.1) is 0 Å². The van der Waals surface area contributed by atoms with Crippen LogP contribution in [0.15, 0.2) is 97.1 Å². The fourth-order valence-corrected chi connectivity index (χ4v) is 4.95. The maximum absolute atomic E-state index is 13.7. The first kappa shape index (κ1) is 26.6. The normalized spacial score (nSPS) is 12.6. The van der Waals surface area contributed by atoms with Gasteiger partial charge in [-0.2, -0.15) is 0 Å². The maximum Gasteiger partial charge on any atom is 0.414 e. The lowest BCUT2D eigenvalue weighted by atomic mass is 9.98.